The highest BCUT2D eigenvalue weighted by molar-refractivity contribution is 5.81. The van der Waals surface area contributed by atoms with Gasteiger partial charge in [-0.3, -0.25) is 4.79 Å². The maximum atomic E-state index is 12.0. The third-order valence-electron chi connectivity index (χ3n) is 3.20. The number of carbonyl (C=O) groups excluding carboxylic acids is 1. The van der Waals surface area contributed by atoms with Gasteiger partial charge in [0.05, 0.1) is 0 Å². The van der Waals surface area contributed by atoms with Crippen molar-refractivity contribution in [2.45, 2.75) is 52.3 Å². The Labute approximate surface area is 115 Å². The van der Waals surface area contributed by atoms with Crippen molar-refractivity contribution in [1.82, 2.24) is 5.32 Å². The summed E-state index contributed by atoms with van der Waals surface area (Å²) in [6, 6.07) is 7.73. The molecular formula is C15H24N2O2. The second kappa shape index (κ2) is 7.79. The minimum absolute atomic E-state index is 0.0828. The standard InChI is InChI=1S/C15H24N2O2/c1-4-13(5-2)17-15(18)11(3)19-14-9-7-6-8-12(14)10-16/h6-9,11,13H,4-5,10,16H2,1-3H3,(H,17,18). The fourth-order valence-corrected chi connectivity index (χ4v) is 1.84. The molecule has 1 rings (SSSR count). The van der Waals surface area contributed by atoms with Gasteiger partial charge in [-0.05, 0) is 25.8 Å². The van der Waals surface area contributed by atoms with Gasteiger partial charge in [0.2, 0.25) is 0 Å². The normalized spacial score (nSPS) is 12.3. The lowest BCUT2D eigenvalue weighted by atomic mass is 10.1. The number of carbonyl (C=O) groups is 1. The van der Waals surface area contributed by atoms with Crippen LogP contribution in [0.4, 0.5) is 0 Å². The minimum Gasteiger partial charge on any atom is -0.481 e. The molecule has 3 N–H and O–H groups in total. The number of hydrogen-bond donors (Lipinski definition) is 2. The average Bonchev–Trinajstić information content (AvgIpc) is 2.44. The number of nitrogens with one attached hydrogen (secondary N) is 1. The van der Waals surface area contributed by atoms with Gasteiger partial charge < -0.3 is 15.8 Å². The predicted octanol–water partition coefficient (Wildman–Crippen LogP) is 2.22. The lowest BCUT2D eigenvalue weighted by Gasteiger charge is -2.20. The Bertz CT molecular complexity index is 403. The molecule has 0 saturated carbocycles. The van der Waals surface area contributed by atoms with Crippen molar-refractivity contribution in [3.63, 3.8) is 0 Å². The quantitative estimate of drug-likeness (QED) is 0.793. The summed E-state index contributed by atoms with van der Waals surface area (Å²) in [6.07, 6.45) is 1.33. The molecule has 1 aromatic carbocycles. The van der Waals surface area contributed by atoms with Crippen molar-refractivity contribution in [2.24, 2.45) is 5.73 Å². The van der Waals surface area contributed by atoms with Gasteiger partial charge >= 0.3 is 0 Å². The van der Waals surface area contributed by atoms with E-state index in [4.69, 9.17) is 10.5 Å². The van der Waals surface area contributed by atoms with Crippen LogP contribution in [-0.4, -0.2) is 18.1 Å². The second-order valence-electron chi connectivity index (χ2n) is 4.59. The molecule has 19 heavy (non-hydrogen) atoms. The topological polar surface area (TPSA) is 64.3 Å². The Morgan fingerprint density at radius 2 is 1.95 bits per heavy atom. The lowest BCUT2D eigenvalue weighted by molar-refractivity contribution is -0.128. The number of rotatable bonds is 7. The highest BCUT2D eigenvalue weighted by Crippen LogP contribution is 2.18. The van der Waals surface area contributed by atoms with Crippen LogP contribution >= 0.6 is 0 Å². The Morgan fingerprint density at radius 1 is 1.32 bits per heavy atom. The minimum atomic E-state index is -0.520. The van der Waals surface area contributed by atoms with Crippen molar-refractivity contribution in [3.8, 4) is 5.75 Å². The molecule has 0 aliphatic rings. The number of benzene rings is 1. The van der Waals surface area contributed by atoms with Gasteiger partial charge in [-0.2, -0.15) is 0 Å². The highest BCUT2D eigenvalue weighted by Gasteiger charge is 2.18. The fourth-order valence-electron chi connectivity index (χ4n) is 1.84. The SMILES string of the molecule is CCC(CC)NC(=O)C(C)Oc1ccccc1CN. The third-order valence-corrected chi connectivity index (χ3v) is 3.20. The summed E-state index contributed by atoms with van der Waals surface area (Å²) in [5.41, 5.74) is 6.55. The highest BCUT2D eigenvalue weighted by atomic mass is 16.5. The van der Waals surface area contributed by atoms with Crippen molar-refractivity contribution >= 4 is 5.91 Å². The summed E-state index contributed by atoms with van der Waals surface area (Å²) >= 11 is 0. The van der Waals surface area contributed by atoms with Crippen LogP contribution in [0, 0.1) is 0 Å². The van der Waals surface area contributed by atoms with E-state index in [0.717, 1.165) is 18.4 Å². The first kappa shape index (κ1) is 15.5. The van der Waals surface area contributed by atoms with E-state index in [1.807, 2.05) is 24.3 Å². The molecule has 1 amide bonds. The molecule has 0 aromatic heterocycles. The summed E-state index contributed by atoms with van der Waals surface area (Å²) in [4.78, 5) is 12.0. The number of ether oxygens (including phenoxy) is 1. The molecule has 0 aliphatic carbocycles. The summed E-state index contributed by atoms with van der Waals surface area (Å²) in [7, 11) is 0. The van der Waals surface area contributed by atoms with Crippen LogP contribution in [0.5, 0.6) is 5.75 Å². The fraction of sp³-hybridized carbons (Fsp3) is 0.533. The van der Waals surface area contributed by atoms with E-state index in [9.17, 15) is 4.79 Å². The van der Waals surface area contributed by atoms with Crippen molar-refractivity contribution in [2.75, 3.05) is 0 Å². The predicted molar refractivity (Wildman–Crippen MR) is 76.9 cm³/mol. The molecule has 0 saturated heterocycles. The van der Waals surface area contributed by atoms with Gasteiger partial charge in [0.1, 0.15) is 5.75 Å². The first-order chi connectivity index (χ1) is 9.12. The van der Waals surface area contributed by atoms with Crippen LogP contribution in [-0.2, 0) is 11.3 Å². The van der Waals surface area contributed by atoms with Gasteiger partial charge in [-0.15, -0.1) is 0 Å². The first-order valence-electron chi connectivity index (χ1n) is 6.87. The molecule has 4 heteroatoms. The maximum Gasteiger partial charge on any atom is 0.260 e. The van der Waals surface area contributed by atoms with Gasteiger partial charge in [0.25, 0.3) is 5.91 Å². The van der Waals surface area contributed by atoms with Crippen LogP contribution in [0.15, 0.2) is 24.3 Å². The third kappa shape index (κ3) is 4.56. The van der Waals surface area contributed by atoms with Crippen LogP contribution in [0.2, 0.25) is 0 Å². The molecule has 0 aliphatic heterocycles. The van der Waals surface area contributed by atoms with E-state index in [-0.39, 0.29) is 11.9 Å². The summed E-state index contributed by atoms with van der Waals surface area (Å²) < 4.78 is 5.70. The number of nitrogens with two attached hydrogens (primary N) is 1. The molecule has 106 valence electrons. The van der Waals surface area contributed by atoms with Crippen LogP contribution in [0.3, 0.4) is 0 Å². The molecule has 0 fully saturated rings. The monoisotopic (exact) mass is 264 g/mol. The van der Waals surface area contributed by atoms with E-state index in [2.05, 4.69) is 19.2 Å². The molecule has 0 spiro atoms. The zero-order valence-corrected chi connectivity index (χ0v) is 12.0. The lowest BCUT2D eigenvalue weighted by Crippen LogP contribution is -2.42. The van der Waals surface area contributed by atoms with E-state index >= 15 is 0 Å². The maximum absolute atomic E-state index is 12.0. The van der Waals surface area contributed by atoms with Gasteiger partial charge in [-0.1, -0.05) is 32.0 Å². The Balaban J connectivity index is 2.63. The van der Waals surface area contributed by atoms with Crippen LogP contribution < -0.4 is 15.8 Å². The Kier molecular flexibility index (Phi) is 6.36. The van der Waals surface area contributed by atoms with Gasteiger partial charge in [0.15, 0.2) is 6.10 Å². The second-order valence-corrected chi connectivity index (χ2v) is 4.59. The molecular weight excluding hydrogens is 240 g/mol. The van der Waals surface area contributed by atoms with E-state index in [0.29, 0.717) is 12.3 Å². The number of amides is 1. The summed E-state index contributed by atoms with van der Waals surface area (Å²) in [5.74, 6) is 0.595. The Morgan fingerprint density at radius 3 is 2.53 bits per heavy atom. The molecule has 1 unspecified atom stereocenters. The number of hydrogen-bond acceptors (Lipinski definition) is 3. The number of para-hydroxylation sites is 1. The van der Waals surface area contributed by atoms with E-state index < -0.39 is 6.10 Å². The smallest absolute Gasteiger partial charge is 0.260 e. The van der Waals surface area contributed by atoms with E-state index in [1.165, 1.54) is 0 Å². The molecule has 0 bridgehead atoms. The molecule has 4 nitrogen and oxygen atoms in total. The summed E-state index contributed by atoms with van der Waals surface area (Å²) in [6.45, 7) is 6.27. The van der Waals surface area contributed by atoms with Crippen molar-refractivity contribution < 1.29 is 9.53 Å². The summed E-state index contributed by atoms with van der Waals surface area (Å²) in [5, 5.41) is 2.98. The average molecular weight is 264 g/mol. The molecule has 0 heterocycles. The Hall–Kier alpha value is -1.55. The van der Waals surface area contributed by atoms with Crippen molar-refractivity contribution in [3.05, 3.63) is 29.8 Å². The van der Waals surface area contributed by atoms with Gasteiger partial charge in [0, 0.05) is 18.2 Å². The van der Waals surface area contributed by atoms with E-state index in [1.54, 1.807) is 6.92 Å². The van der Waals surface area contributed by atoms with Crippen LogP contribution in [0.25, 0.3) is 0 Å². The molecule has 1 atom stereocenters. The van der Waals surface area contributed by atoms with Gasteiger partial charge in [-0.25, -0.2) is 0 Å². The largest absolute Gasteiger partial charge is 0.481 e. The van der Waals surface area contributed by atoms with Crippen molar-refractivity contribution in [1.29, 1.82) is 0 Å². The molecule has 1 aromatic rings. The zero-order valence-electron chi connectivity index (χ0n) is 12.0. The van der Waals surface area contributed by atoms with Crippen LogP contribution in [0.1, 0.15) is 39.2 Å². The zero-order chi connectivity index (χ0) is 14.3. The first-order valence-corrected chi connectivity index (χ1v) is 6.87. The molecule has 0 radical (unpaired) electrons.